The molecular weight excluding hydrogens is 378 g/mol. The molecule has 1 amide bonds. The van der Waals surface area contributed by atoms with Gasteiger partial charge in [0.25, 0.3) is 0 Å². The molecule has 5 rings (SSSR count). The molecule has 0 saturated heterocycles. The number of carbonyl (C=O) groups is 1. The minimum absolute atomic E-state index is 0.0762. The second-order valence-corrected chi connectivity index (χ2v) is 7.31. The lowest BCUT2D eigenvalue weighted by atomic mass is 9.68. The van der Waals surface area contributed by atoms with Crippen LogP contribution in [-0.4, -0.2) is 32.4 Å². The molecular formula is C20H18F2N6O. The Balaban J connectivity index is 1.73. The van der Waals surface area contributed by atoms with Gasteiger partial charge in [-0.15, -0.1) is 5.23 Å². The maximum Gasteiger partial charge on any atom is 0.250 e. The fourth-order valence-electron chi connectivity index (χ4n) is 4.43. The number of hydrogen-bond donors (Lipinski definition) is 2. The third-order valence-electron chi connectivity index (χ3n) is 5.71. The van der Waals surface area contributed by atoms with E-state index in [1.165, 1.54) is 24.5 Å². The van der Waals surface area contributed by atoms with Gasteiger partial charge in [-0.3, -0.25) is 9.48 Å². The predicted molar refractivity (Wildman–Crippen MR) is 99.8 cm³/mol. The van der Waals surface area contributed by atoms with Crippen LogP contribution in [0.5, 0.6) is 0 Å². The number of aryl methyl sites for hydroxylation is 1. The lowest BCUT2D eigenvalue weighted by Gasteiger charge is -2.40. The van der Waals surface area contributed by atoms with Crippen LogP contribution in [0, 0.1) is 5.82 Å². The number of amides is 1. The van der Waals surface area contributed by atoms with Crippen molar-refractivity contribution in [2.75, 3.05) is 6.54 Å². The lowest BCUT2D eigenvalue weighted by molar-refractivity contribution is -0.115. The summed E-state index contributed by atoms with van der Waals surface area (Å²) in [6.07, 6.45) is 4.96. The minimum atomic E-state index is -0.407. The first kappa shape index (κ1) is 17.7. The van der Waals surface area contributed by atoms with E-state index in [1.54, 1.807) is 30.1 Å². The standard InChI is InChI=1S/C20H18F2N6O/c1-27-20(24-10-26-27)19-14(11-2-4-13(21)5-3-11)6-12-8-25-28(22)16-7-17(29)23-9-15(19)18(12)16/h2-5,7,9-10,14,19,25H,6,8H2,1H3,(H,23,29). The van der Waals surface area contributed by atoms with Crippen molar-refractivity contribution in [3.63, 3.8) is 0 Å². The Morgan fingerprint density at radius 2 is 2.03 bits per heavy atom. The van der Waals surface area contributed by atoms with E-state index in [9.17, 15) is 13.7 Å². The van der Waals surface area contributed by atoms with Gasteiger partial charge >= 0.3 is 0 Å². The average molecular weight is 396 g/mol. The van der Waals surface area contributed by atoms with E-state index in [-0.39, 0.29) is 23.4 Å². The Labute approximate surface area is 165 Å². The number of hydrazine groups is 1. The lowest BCUT2D eigenvalue weighted by Crippen LogP contribution is -2.41. The number of nitrogens with zero attached hydrogens (tertiary/aromatic N) is 4. The zero-order valence-electron chi connectivity index (χ0n) is 15.6. The molecule has 2 atom stereocenters. The maximum absolute atomic E-state index is 14.5. The molecule has 0 fully saturated rings. The van der Waals surface area contributed by atoms with Crippen molar-refractivity contribution >= 4 is 5.91 Å². The fraction of sp³-hybridized carbons (Fsp3) is 0.250. The molecule has 0 bridgehead atoms. The molecule has 1 aliphatic carbocycles. The van der Waals surface area contributed by atoms with Crippen molar-refractivity contribution in [2.45, 2.75) is 18.3 Å². The summed E-state index contributed by atoms with van der Waals surface area (Å²) in [5.74, 6) is -0.391. The number of rotatable bonds is 2. The molecule has 2 unspecified atom stereocenters. The van der Waals surface area contributed by atoms with Crippen LogP contribution < -0.4 is 10.7 Å². The van der Waals surface area contributed by atoms with Crippen LogP contribution in [0.25, 0.3) is 0 Å². The topological polar surface area (TPSA) is 75.1 Å². The first-order valence-corrected chi connectivity index (χ1v) is 9.26. The largest absolute Gasteiger partial charge is 0.329 e. The second kappa shape index (κ2) is 6.63. The molecule has 0 spiro atoms. The molecule has 2 aliphatic heterocycles. The van der Waals surface area contributed by atoms with Gasteiger partial charge in [-0.05, 0) is 35.3 Å². The summed E-state index contributed by atoms with van der Waals surface area (Å²) in [4.78, 5) is 16.6. The van der Waals surface area contributed by atoms with Crippen LogP contribution >= 0.6 is 0 Å². The number of carbonyl (C=O) groups excluding carboxylic acids is 1. The van der Waals surface area contributed by atoms with Crippen LogP contribution in [0.4, 0.5) is 8.87 Å². The first-order chi connectivity index (χ1) is 14.0. The quantitative estimate of drug-likeness (QED) is 0.761. The maximum atomic E-state index is 14.5. The molecule has 7 nitrogen and oxygen atoms in total. The van der Waals surface area contributed by atoms with Gasteiger partial charge in [0, 0.05) is 37.4 Å². The molecule has 1 aromatic carbocycles. The molecule has 0 saturated carbocycles. The van der Waals surface area contributed by atoms with Gasteiger partial charge in [0.05, 0.1) is 5.92 Å². The van der Waals surface area contributed by atoms with Gasteiger partial charge in [-0.1, -0.05) is 16.6 Å². The average Bonchev–Trinajstić information content (AvgIpc) is 3.04. The van der Waals surface area contributed by atoms with Crippen molar-refractivity contribution in [1.29, 1.82) is 0 Å². The number of benzene rings is 1. The smallest absolute Gasteiger partial charge is 0.250 e. The molecule has 0 radical (unpaired) electrons. The number of halogens is 2. The third-order valence-corrected chi connectivity index (χ3v) is 5.71. The van der Waals surface area contributed by atoms with Crippen LogP contribution in [0.15, 0.2) is 65.3 Å². The Hall–Kier alpha value is -3.33. The van der Waals surface area contributed by atoms with E-state index < -0.39 is 5.91 Å². The molecule has 3 heterocycles. The van der Waals surface area contributed by atoms with Crippen molar-refractivity contribution in [2.24, 2.45) is 7.05 Å². The van der Waals surface area contributed by atoms with E-state index in [0.29, 0.717) is 29.6 Å². The highest BCUT2D eigenvalue weighted by atomic mass is 19.2. The highest BCUT2D eigenvalue weighted by Crippen LogP contribution is 2.51. The minimum Gasteiger partial charge on any atom is -0.329 e. The summed E-state index contributed by atoms with van der Waals surface area (Å²) in [5, 5.41) is 7.31. The second-order valence-electron chi connectivity index (χ2n) is 7.31. The SMILES string of the molecule is Cn1ncnc1C1C2=CNC(=O)C=C3C2=C(CNN3F)CC1c1ccc(F)cc1. The summed E-state index contributed by atoms with van der Waals surface area (Å²) in [7, 11) is 1.80. The van der Waals surface area contributed by atoms with Crippen LogP contribution in [0.1, 0.15) is 29.6 Å². The van der Waals surface area contributed by atoms with E-state index in [1.807, 2.05) is 0 Å². The van der Waals surface area contributed by atoms with Gasteiger partial charge in [0.1, 0.15) is 23.7 Å². The van der Waals surface area contributed by atoms with E-state index >= 15 is 0 Å². The van der Waals surface area contributed by atoms with Crippen molar-refractivity contribution in [1.82, 2.24) is 30.7 Å². The normalized spacial score (nSPS) is 23.8. The summed E-state index contributed by atoms with van der Waals surface area (Å²) in [6, 6.07) is 6.40. The van der Waals surface area contributed by atoms with Crippen molar-refractivity contribution < 1.29 is 13.7 Å². The van der Waals surface area contributed by atoms with Gasteiger partial charge < -0.3 is 5.32 Å². The van der Waals surface area contributed by atoms with Gasteiger partial charge in [-0.25, -0.2) is 14.8 Å². The summed E-state index contributed by atoms with van der Waals surface area (Å²) in [6.45, 7) is 0.317. The first-order valence-electron chi connectivity index (χ1n) is 9.26. The number of aromatic nitrogens is 3. The Morgan fingerprint density at radius 3 is 2.76 bits per heavy atom. The molecule has 2 aromatic rings. The summed E-state index contributed by atoms with van der Waals surface area (Å²) >= 11 is 0. The molecule has 1 aromatic heterocycles. The summed E-state index contributed by atoms with van der Waals surface area (Å²) in [5.41, 5.74) is 6.24. The van der Waals surface area contributed by atoms with Crippen LogP contribution in [0.3, 0.4) is 0 Å². The third kappa shape index (κ3) is 2.85. The molecule has 148 valence electrons. The van der Waals surface area contributed by atoms with Crippen molar-refractivity contribution in [3.05, 3.63) is 82.5 Å². The molecule has 3 aliphatic rings. The number of nitrogens with one attached hydrogen (secondary N) is 2. The molecule has 29 heavy (non-hydrogen) atoms. The molecule has 2 N–H and O–H groups in total. The van der Waals surface area contributed by atoms with Crippen LogP contribution in [-0.2, 0) is 11.8 Å². The Bertz CT molecular complexity index is 1080. The predicted octanol–water partition coefficient (Wildman–Crippen LogP) is 2.12. The van der Waals surface area contributed by atoms with Gasteiger partial charge in [0.15, 0.2) is 0 Å². The van der Waals surface area contributed by atoms with Gasteiger partial charge in [-0.2, -0.15) is 5.10 Å². The fourth-order valence-corrected chi connectivity index (χ4v) is 4.43. The Kier molecular flexibility index (Phi) is 4.06. The highest BCUT2D eigenvalue weighted by Gasteiger charge is 2.43. The highest BCUT2D eigenvalue weighted by molar-refractivity contribution is 5.91. The van der Waals surface area contributed by atoms with E-state index in [0.717, 1.165) is 16.7 Å². The number of allylic oxidation sites excluding steroid dienone is 1. The zero-order valence-corrected chi connectivity index (χ0v) is 15.6. The van der Waals surface area contributed by atoms with Crippen molar-refractivity contribution in [3.8, 4) is 0 Å². The monoisotopic (exact) mass is 396 g/mol. The van der Waals surface area contributed by atoms with Crippen LogP contribution in [0.2, 0.25) is 0 Å². The zero-order chi connectivity index (χ0) is 20.1. The molecule has 9 heteroatoms. The van der Waals surface area contributed by atoms with E-state index in [2.05, 4.69) is 20.8 Å². The van der Waals surface area contributed by atoms with E-state index in [4.69, 9.17) is 0 Å². The van der Waals surface area contributed by atoms with Gasteiger partial charge in [0.2, 0.25) is 5.91 Å². The summed E-state index contributed by atoms with van der Waals surface area (Å²) < 4.78 is 29.8. The number of hydrogen-bond acceptors (Lipinski definition) is 5. The Morgan fingerprint density at radius 1 is 1.24 bits per heavy atom.